The minimum absolute atomic E-state index is 0. The number of hydrogen-bond acceptors (Lipinski definition) is 8. The van der Waals surface area contributed by atoms with Crippen LogP contribution in [0.4, 0.5) is 0 Å². The molecule has 9 nitrogen and oxygen atoms in total. The molecule has 0 heterocycles. The molecule has 21 heavy (non-hydrogen) atoms. The van der Waals surface area contributed by atoms with Crippen LogP contribution in [0, 0.1) is 0 Å². The SMILES string of the molecule is NC(CCC(=O)[O-])C(=O)NC(CS)C(=O)NCC(=O)[O-].[Cd+2]. The van der Waals surface area contributed by atoms with Gasteiger partial charge in [-0.1, -0.05) is 0 Å². The van der Waals surface area contributed by atoms with Crippen molar-refractivity contribution in [1.29, 1.82) is 0 Å². The fourth-order valence-corrected chi connectivity index (χ4v) is 1.42. The van der Waals surface area contributed by atoms with E-state index >= 15 is 0 Å². The Kier molecular flexibility index (Phi) is 12.5. The number of carbonyl (C=O) groups is 4. The Morgan fingerprint density at radius 1 is 1.10 bits per heavy atom. The molecule has 0 rings (SSSR count). The largest absolute Gasteiger partial charge is 2.00 e. The zero-order chi connectivity index (χ0) is 15.7. The first-order valence-electron chi connectivity index (χ1n) is 5.62. The van der Waals surface area contributed by atoms with Gasteiger partial charge in [0.2, 0.25) is 11.8 Å². The summed E-state index contributed by atoms with van der Waals surface area (Å²) in [4.78, 5) is 43.5. The van der Waals surface area contributed by atoms with Crippen molar-refractivity contribution < 1.29 is 56.7 Å². The van der Waals surface area contributed by atoms with Gasteiger partial charge in [-0.15, -0.1) is 0 Å². The van der Waals surface area contributed by atoms with Crippen LogP contribution in [0.5, 0.6) is 0 Å². The van der Waals surface area contributed by atoms with Crippen LogP contribution in [0.1, 0.15) is 12.8 Å². The van der Waals surface area contributed by atoms with E-state index in [0.29, 0.717) is 0 Å². The summed E-state index contributed by atoms with van der Waals surface area (Å²) < 4.78 is 0. The Morgan fingerprint density at radius 3 is 2.10 bits per heavy atom. The molecule has 2 atom stereocenters. The van der Waals surface area contributed by atoms with Crippen molar-refractivity contribution in [3.63, 3.8) is 0 Å². The molecule has 0 bridgehead atoms. The van der Waals surface area contributed by atoms with E-state index in [1.807, 2.05) is 5.32 Å². The number of carboxylic acids is 2. The average Bonchev–Trinajstić information content (AvgIpc) is 2.38. The number of amides is 2. The van der Waals surface area contributed by atoms with Crippen molar-refractivity contribution in [1.82, 2.24) is 10.6 Å². The number of rotatable bonds is 9. The van der Waals surface area contributed by atoms with Crippen LogP contribution in [0.3, 0.4) is 0 Å². The predicted octanol–water partition coefficient (Wildman–Crippen LogP) is -4.88. The van der Waals surface area contributed by atoms with E-state index in [-0.39, 0.29) is 39.5 Å². The van der Waals surface area contributed by atoms with E-state index in [4.69, 9.17) is 5.73 Å². The second-order valence-electron chi connectivity index (χ2n) is 3.85. The monoisotopic (exact) mass is 419 g/mol. The van der Waals surface area contributed by atoms with Crippen molar-refractivity contribution >= 4 is 36.4 Å². The number of carbonyl (C=O) groups excluding carboxylic acids is 4. The zero-order valence-corrected chi connectivity index (χ0v) is 16.1. The molecule has 0 aliphatic heterocycles. The average molecular weight is 418 g/mol. The van der Waals surface area contributed by atoms with Gasteiger partial charge >= 0.3 is 27.3 Å². The van der Waals surface area contributed by atoms with Gasteiger partial charge in [0.25, 0.3) is 0 Å². The summed E-state index contributed by atoms with van der Waals surface area (Å²) in [6.07, 6.45) is -0.537. The number of thiol groups is 1. The van der Waals surface area contributed by atoms with E-state index in [0.717, 1.165) is 0 Å². The first kappa shape index (κ1) is 22.4. The summed E-state index contributed by atoms with van der Waals surface area (Å²) in [5.41, 5.74) is 5.43. The maximum atomic E-state index is 11.6. The molecule has 0 aliphatic rings. The molecule has 0 saturated heterocycles. The third-order valence-corrected chi connectivity index (χ3v) is 2.58. The quantitative estimate of drug-likeness (QED) is 0.216. The van der Waals surface area contributed by atoms with Crippen LogP contribution in [0.15, 0.2) is 0 Å². The molecule has 114 valence electrons. The minimum atomic E-state index is -1.48. The van der Waals surface area contributed by atoms with E-state index < -0.39 is 48.8 Å². The molecular weight excluding hydrogens is 403 g/mol. The van der Waals surface area contributed by atoms with Gasteiger partial charge < -0.3 is 36.2 Å². The first-order chi connectivity index (χ1) is 9.27. The third-order valence-electron chi connectivity index (χ3n) is 2.22. The Labute approximate surface area is 146 Å². The number of carboxylic acid groups (broad SMARTS) is 2. The maximum absolute atomic E-state index is 11.6. The fourth-order valence-electron chi connectivity index (χ4n) is 1.16. The molecule has 0 radical (unpaired) electrons. The molecular formula is C10H15CdN3O6S. The van der Waals surface area contributed by atoms with E-state index in [9.17, 15) is 29.4 Å². The normalized spacial score (nSPS) is 12.5. The van der Waals surface area contributed by atoms with E-state index in [1.165, 1.54) is 0 Å². The first-order valence-corrected chi connectivity index (χ1v) is 6.25. The van der Waals surface area contributed by atoms with Gasteiger partial charge in [0, 0.05) is 11.7 Å². The number of aliphatic carboxylic acids is 2. The van der Waals surface area contributed by atoms with Gasteiger partial charge in [0.15, 0.2) is 0 Å². The Hall–Kier alpha value is -0.888. The van der Waals surface area contributed by atoms with Crippen LogP contribution in [0.25, 0.3) is 0 Å². The van der Waals surface area contributed by atoms with Gasteiger partial charge in [-0.2, -0.15) is 12.6 Å². The third kappa shape index (κ3) is 10.5. The molecule has 2 unspecified atom stereocenters. The Bertz CT molecular complexity index is 395. The summed E-state index contributed by atoms with van der Waals surface area (Å²) in [5.74, 6) is -4.41. The van der Waals surface area contributed by atoms with E-state index in [2.05, 4.69) is 17.9 Å². The van der Waals surface area contributed by atoms with Crippen LogP contribution < -0.4 is 26.6 Å². The summed E-state index contributed by atoms with van der Waals surface area (Å²) >= 11 is 3.84. The van der Waals surface area contributed by atoms with Crippen LogP contribution >= 0.6 is 12.6 Å². The molecule has 0 aromatic rings. The predicted molar refractivity (Wildman–Crippen MR) is 66.0 cm³/mol. The van der Waals surface area contributed by atoms with Gasteiger partial charge in [-0.25, -0.2) is 0 Å². The molecule has 0 aliphatic carbocycles. The smallest absolute Gasteiger partial charge is 0.550 e. The van der Waals surface area contributed by atoms with Gasteiger partial charge in [-0.3, -0.25) is 9.59 Å². The summed E-state index contributed by atoms with van der Waals surface area (Å²) in [6, 6.07) is -2.21. The van der Waals surface area contributed by atoms with Crippen molar-refractivity contribution in [2.75, 3.05) is 12.3 Å². The Balaban J connectivity index is 0. The molecule has 11 heteroatoms. The van der Waals surface area contributed by atoms with Crippen LogP contribution in [0.2, 0.25) is 0 Å². The zero-order valence-electron chi connectivity index (χ0n) is 11.2. The summed E-state index contributed by atoms with van der Waals surface area (Å²) in [7, 11) is 0. The Morgan fingerprint density at radius 2 is 1.67 bits per heavy atom. The van der Waals surface area contributed by atoms with Gasteiger partial charge in [0.1, 0.15) is 6.04 Å². The molecule has 4 N–H and O–H groups in total. The topological polar surface area (TPSA) is 164 Å². The molecule has 0 aromatic carbocycles. The number of hydrogen-bond donors (Lipinski definition) is 4. The van der Waals surface area contributed by atoms with Crippen molar-refractivity contribution in [3.8, 4) is 0 Å². The van der Waals surface area contributed by atoms with Crippen LogP contribution in [-0.4, -0.2) is 48.1 Å². The molecule has 0 aromatic heterocycles. The van der Waals surface area contributed by atoms with E-state index in [1.54, 1.807) is 0 Å². The molecule has 0 saturated carbocycles. The van der Waals surface area contributed by atoms with Gasteiger partial charge in [0.05, 0.1) is 18.6 Å². The van der Waals surface area contributed by atoms with Crippen molar-refractivity contribution in [2.45, 2.75) is 24.9 Å². The standard InChI is InChI=1S/C10H17N3O6S.Cd/c11-5(1-2-7(14)15)9(18)13-6(4-20)10(19)12-3-8(16)17;/h5-6,20H,1-4,11H2,(H,12,19)(H,13,18)(H,14,15)(H,16,17);/q;+2/p-2. The van der Waals surface area contributed by atoms with Crippen molar-refractivity contribution in [3.05, 3.63) is 0 Å². The number of nitrogens with one attached hydrogen (secondary N) is 2. The minimum Gasteiger partial charge on any atom is -0.550 e. The molecule has 2 amide bonds. The van der Waals surface area contributed by atoms with Crippen LogP contribution in [-0.2, 0) is 46.5 Å². The molecule has 0 spiro atoms. The van der Waals surface area contributed by atoms with Crippen molar-refractivity contribution in [2.24, 2.45) is 5.73 Å². The second kappa shape index (κ2) is 11.7. The second-order valence-corrected chi connectivity index (χ2v) is 4.22. The van der Waals surface area contributed by atoms with Gasteiger partial charge in [-0.05, 0) is 12.8 Å². The maximum Gasteiger partial charge on any atom is 2.00 e. The summed E-state index contributed by atoms with van der Waals surface area (Å²) in [5, 5.41) is 24.7. The summed E-state index contributed by atoms with van der Waals surface area (Å²) in [6.45, 7) is -0.699. The fraction of sp³-hybridized carbons (Fsp3) is 0.600. The number of nitrogens with two attached hydrogens (primary N) is 1. The molecule has 0 fully saturated rings.